The van der Waals surface area contributed by atoms with E-state index in [4.69, 9.17) is 0 Å². The van der Waals surface area contributed by atoms with Gasteiger partial charge in [-0.2, -0.15) is 5.10 Å². The van der Waals surface area contributed by atoms with E-state index in [0.29, 0.717) is 22.1 Å². The van der Waals surface area contributed by atoms with E-state index in [2.05, 4.69) is 20.7 Å². The standard InChI is InChI=1S/C23H19N5O2S/c29-21(26-23-24-13-14-31-23)15-9-11-16(12-10-15)25-22(30)20-18-7-4-8-19(18)28(27-20)17-5-2-1-3-6-17/h1-3,5-6,9-14H,4,7-8H2,(H,25,30)(H,24,26,29). The minimum Gasteiger partial charge on any atom is -0.321 e. The highest BCUT2D eigenvalue weighted by Crippen LogP contribution is 2.28. The fraction of sp³-hybridized carbons (Fsp3) is 0.130. The van der Waals surface area contributed by atoms with E-state index in [1.54, 1.807) is 35.8 Å². The lowest BCUT2D eigenvalue weighted by molar-refractivity contribution is 0.101. The summed E-state index contributed by atoms with van der Waals surface area (Å²) < 4.78 is 1.88. The maximum atomic E-state index is 13.0. The number of benzene rings is 2. The van der Waals surface area contributed by atoms with Gasteiger partial charge in [0.05, 0.1) is 5.69 Å². The molecule has 2 N–H and O–H groups in total. The topological polar surface area (TPSA) is 88.9 Å². The summed E-state index contributed by atoms with van der Waals surface area (Å²) >= 11 is 1.36. The second-order valence-corrected chi connectivity index (χ2v) is 8.09. The third kappa shape index (κ3) is 3.85. The Labute approximate surface area is 182 Å². The fourth-order valence-corrected chi connectivity index (χ4v) is 4.28. The van der Waals surface area contributed by atoms with Crippen LogP contribution >= 0.6 is 11.3 Å². The minimum absolute atomic E-state index is 0.243. The van der Waals surface area contributed by atoms with Crippen LogP contribution in [0.4, 0.5) is 10.8 Å². The van der Waals surface area contributed by atoms with E-state index in [1.165, 1.54) is 11.3 Å². The van der Waals surface area contributed by atoms with Gasteiger partial charge >= 0.3 is 0 Å². The van der Waals surface area contributed by atoms with Gasteiger partial charge in [-0.1, -0.05) is 18.2 Å². The molecule has 7 nitrogen and oxygen atoms in total. The first kappa shape index (κ1) is 19.2. The maximum Gasteiger partial charge on any atom is 0.276 e. The highest BCUT2D eigenvalue weighted by molar-refractivity contribution is 7.13. The summed E-state index contributed by atoms with van der Waals surface area (Å²) in [4.78, 5) is 29.3. The highest BCUT2D eigenvalue weighted by Gasteiger charge is 2.27. The molecule has 0 radical (unpaired) electrons. The molecular formula is C23H19N5O2S. The molecule has 1 aliphatic carbocycles. The lowest BCUT2D eigenvalue weighted by atomic mass is 10.1. The second kappa shape index (κ2) is 8.16. The third-order valence-electron chi connectivity index (χ3n) is 5.20. The molecule has 1 aliphatic rings. The summed E-state index contributed by atoms with van der Waals surface area (Å²) in [6, 6.07) is 16.6. The van der Waals surface area contributed by atoms with Gasteiger partial charge in [0.25, 0.3) is 11.8 Å². The Morgan fingerprint density at radius 3 is 2.48 bits per heavy atom. The number of carbonyl (C=O) groups excluding carboxylic acids is 2. The van der Waals surface area contributed by atoms with Gasteiger partial charge in [-0.25, -0.2) is 9.67 Å². The molecule has 0 fully saturated rings. The van der Waals surface area contributed by atoms with Gasteiger partial charge in [0.15, 0.2) is 10.8 Å². The Morgan fingerprint density at radius 1 is 0.935 bits per heavy atom. The van der Waals surface area contributed by atoms with Crippen molar-refractivity contribution < 1.29 is 9.59 Å². The predicted octanol–water partition coefficient (Wildman–Crippen LogP) is 4.32. The number of rotatable bonds is 5. The van der Waals surface area contributed by atoms with Crippen molar-refractivity contribution in [3.8, 4) is 5.69 Å². The SMILES string of the molecule is O=C(Nc1nccs1)c1ccc(NC(=O)c2nn(-c3ccccc3)c3c2CCC3)cc1. The number of fused-ring (bicyclic) bond motifs is 1. The quantitative estimate of drug-likeness (QED) is 0.494. The number of carbonyl (C=O) groups is 2. The molecule has 0 spiro atoms. The third-order valence-corrected chi connectivity index (χ3v) is 5.89. The van der Waals surface area contributed by atoms with Crippen molar-refractivity contribution in [1.29, 1.82) is 0 Å². The van der Waals surface area contributed by atoms with Crippen molar-refractivity contribution in [3.63, 3.8) is 0 Å². The van der Waals surface area contributed by atoms with Crippen LogP contribution in [-0.2, 0) is 12.8 Å². The molecular weight excluding hydrogens is 410 g/mol. The number of aromatic nitrogens is 3. The molecule has 2 aromatic heterocycles. The molecule has 154 valence electrons. The summed E-state index contributed by atoms with van der Waals surface area (Å²) in [7, 11) is 0. The summed E-state index contributed by atoms with van der Waals surface area (Å²) in [5.74, 6) is -0.486. The van der Waals surface area contributed by atoms with Crippen molar-refractivity contribution in [3.05, 3.63) is 88.7 Å². The lowest BCUT2D eigenvalue weighted by Gasteiger charge is -2.06. The number of nitrogens with zero attached hydrogens (tertiary/aromatic N) is 3. The molecule has 0 bridgehead atoms. The van der Waals surface area contributed by atoms with Crippen LogP contribution in [0.15, 0.2) is 66.2 Å². The monoisotopic (exact) mass is 429 g/mol. The van der Waals surface area contributed by atoms with Gasteiger partial charge in [-0.15, -0.1) is 11.3 Å². The predicted molar refractivity (Wildman–Crippen MR) is 120 cm³/mol. The van der Waals surface area contributed by atoms with Crippen LogP contribution in [0.5, 0.6) is 0 Å². The van der Waals surface area contributed by atoms with E-state index in [9.17, 15) is 9.59 Å². The second-order valence-electron chi connectivity index (χ2n) is 7.20. The molecule has 2 amide bonds. The first-order valence-electron chi connectivity index (χ1n) is 9.97. The van der Waals surface area contributed by atoms with E-state index in [1.807, 2.05) is 35.0 Å². The van der Waals surface area contributed by atoms with Crippen LogP contribution in [0.3, 0.4) is 0 Å². The van der Waals surface area contributed by atoms with E-state index in [-0.39, 0.29) is 11.8 Å². The molecule has 5 rings (SSSR count). The van der Waals surface area contributed by atoms with Crippen molar-refractivity contribution in [2.45, 2.75) is 19.3 Å². The molecule has 0 saturated heterocycles. The number of amides is 2. The fourth-order valence-electron chi connectivity index (χ4n) is 3.75. The first-order valence-corrected chi connectivity index (χ1v) is 10.9. The molecule has 0 aliphatic heterocycles. The highest BCUT2D eigenvalue weighted by atomic mass is 32.1. The van der Waals surface area contributed by atoms with E-state index in [0.717, 1.165) is 36.2 Å². The van der Waals surface area contributed by atoms with Gasteiger partial charge in [-0.05, 0) is 55.7 Å². The smallest absolute Gasteiger partial charge is 0.276 e. The number of para-hydroxylation sites is 1. The Hall–Kier alpha value is -3.78. The van der Waals surface area contributed by atoms with Gasteiger partial charge in [0.1, 0.15) is 0 Å². The maximum absolute atomic E-state index is 13.0. The van der Waals surface area contributed by atoms with Crippen LogP contribution < -0.4 is 10.6 Å². The Morgan fingerprint density at radius 2 is 1.74 bits per heavy atom. The van der Waals surface area contributed by atoms with Crippen molar-refractivity contribution in [2.75, 3.05) is 10.6 Å². The molecule has 8 heteroatoms. The van der Waals surface area contributed by atoms with Gasteiger partial charge in [-0.3, -0.25) is 14.9 Å². The summed E-state index contributed by atoms with van der Waals surface area (Å²) in [5.41, 5.74) is 4.63. The number of nitrogens with one attached hydrogen (secondary N) is 2. The van der Waals surface area contributed by atoms with Gasteiger partial charge < -0.3 is 5.32 Å². The first-order chi connectivity index (χ1) is 15.2. The van der Waals surface area contributed by atoms with Crippen LogP contribution in [0, 0.1) is 0 Å². The van der Waals surface area contributed by atoms with Crippen molar-refractivity contribution >= 4 is 34.0 Å². The number of hydrogen-bond acceptors (Lipinski definition) is 5. The van der Waals surface area contributed by atoms with Crippen LogP contribution in [0.1, 0.15) is 38.5 Å². The zero-order chi connectivity index (χ0) is 21.2. The number of thiazole rings is 1. The average molecular weight is 430 g/mol. The van der Waals surface area contributed by atoms with Crippen molar-refractivity contribution in [2.24, 2.45) is 0 Å². The molecule has 0 atom stereocenters. The lowest BCUT2D eigenvalue weighted by Crippen LogP contribution is -2.15. The summed E-state index contributed by atoms with van der Waals surface area (Å²) in [6.07, 6.45) is 4.41. The molecule has 2 aromatic carbocycles. The molecule has 4 aromatic rings. The van der Waals surface area contributed by atoms with Gasteiger partial charge in [0, 0.05) is 34.1 Å². The zero-order valence-electron chi connectivity index (χ0n) is 16.5. The van der Waals surface area contributed by atoms with Gasteiger partial charge in [0.2, 0.25) is 0 Å². The molecule has 2 heterocycles. The number of hydrogen-bond donors (Lipinski definition) is 2. The number of anilines is 2. The zero-order valence-corrected chi connectivity index (χ0v) is 17.4. The van der Waals surface area contributed by atoms with Crippen LogP contribution in [-0.4, -0.2) is 26.6 Å². The summed E-state index contributed by atoms with van der Waals surface area (Å²) in [6.45, 7) is 0. The normalized spacial score (nSPS) is 12.4. The average Bonchev–Trinajstić information content (AvgIpc) is 3.53. The molecule has 31 heavy (non-hydrogen) atoms. The Balaban J connectivity index is 1.33. The van der Waals surface area contributed by atoms with Crippen molar-refractivity contribution in [1.82, 2.24) is 14.8 Å². The Bertz CT molecular complexity index is 1230. The summed E-state index contributed by atoms with van der Waals surface area (Å²) in [5, 5.41) is 12.6. The van der Waals surface area contributed by atoms with Crippen LogP contribution in [0.25, 0.3) is 5.69 Å². The van der Waals surface area contributed by atoms with E-state index >= 15 is 0 Å². The minimum atomic E-state index is -0.243. The molecule has 0 saturated carbocycles. The van der Waals surface area contributed by atoms with Crippen LogP contribution in [0.2, 0.25) is 0 Å². The molecule has 0 unspecified atom stereocenters. The Kier molecular flexibility index (Phi) is 5.05. The largest absolute Gasteiger partial charge is 0.321 e. The van der Waals surface area contributed by atoms with E-state index < -0.39 is 0 Å².